The van der Waals surface area contributed by atoms with Crippen LogP contribution in [0.15, 0.2) is 21.3 Å². The van der Waals surface area contributed by atoms with Crippen molar-refractivity contribution in [2.24, 2.45) is 0 Å². The summed E-state index contributed by atoms with van der Waals surface area (Å²) in [5.41, 5.74) is 0.933. The monoisotopic (exact) mass is 236 g/mol. The van der Waals surface area contributed by atoms with Crippen molar-refractivity contribution in [2.75, 3.05) is 0 Å². The van der Waals surface area contributed by atoms with Crippen LogP contribution in [0.25, 0.3) is 11.4 Å². The lowest BCUT2D eigenvalue weighted by molar-refractivity contribution is -0.118. The number of ketones is 1. The van der Waals surface area contributed by atoms with Gasteiger partial charge in [0.15, 0.2) is 0 Å². The van der Waals surface area contributed by atoms with Crippen molar-refractivity contribution in [3.63, 3.8) is 0 Å². The molecule has 2 heterocycles. The molecule has 0 aromatic carbocycles. The number of carbonyl (C=O) groups excluding carboxylic acids is 1. The van der Waals surface area contributed by atoms with Crippen molar-refractivity contribution in [3.05, 3.63) is 22.7 Å². The van der Waals surface area contributed by atoms with Crippen molar-refractivity contribution in [3.8, 4) is 11.4 Å². The number of carbonyl (C=O) groups is 1. The van der Waals surface area contributed by atoms with E-state index in [-0.39, 0.29) is 12.2 Å². The van der Waals surface area contributed by atoms with E-state index < -0.39 is 0 Å². The molecule has 0 aliphatic heterocycles. The minimum absolute atomic E-state index is 0.142. The van der Waals surface area contributed by atoms with Crippen LogP contribution in [-0.4, -0.2) is 15.9 Å². The molecular formula is C11H12N2O2S. The molecule has 0 aliphatic carbocycles. The molecule has 4 nitrogen and oxygen atoms in total. The summed E-state index contributed by atoms with van der Waals surface area (Å²) >= 11 is 1.58. The van der Waals surface area contributed by atoms with Gasteiger partial charge in [0.1, 0.15) is 5.78 Å². The second-order valence-electron chi connectivity index (χ2n) is 3.49. The molecule has 0 fully saturated rings. The molecule has 2 aromatic heterocycles. The Morgan fingerprint density at radius 1 is 1.56 bits per heavy atom. The average molecular weight is 236 g/mol. The Morgan fingerprint density at radius 3 is 3.12 bits per heavy atom. The third-order valence-corrected chi connectivity index (χ3v) is 2.81. The van der Waals surface area contributed by atoms with Crippen molar-refractivity contribution in [1.82, 2.24) is 10.1 Å². The zero-order valence-electron chi connectivity index (χ0n) is 8.97. The molecule has 0 N–H and O–H groups in total. The Bertz CT molecular complexity index is 462. The summed E-state index contributed by atoms with van der Waals surface area (Å²) in [7, 11) is 0. The first-order valence-corrected chi connectivity index (χ1v) is 6.10. The van der Waals surface area contributed by atoms with Crippen LogP contribution in [0, 0.1) is 0 Å². The number of rotatable bonds is 5. The zero-order chi connectivity index (χ0) is 11.4. The van der Waals surface area contributed by atoms with Gasteiger partial charge in [-0.1, -0.05) is 12.1 Å². The second kappa shape index (κ2) is 5.03. The van der Waals surface area contributed by atoms with E-state index in [1.54, 1.807) is 11.3 Å². The predicted octanol–water partition coefficient (Wildman–Crippen LogP) is 2.71. The van der Waals surface area contributed by atoms with Crippen LogP contribution < -0.4 is 0 Å². The summed E-state index contributed by atoms with van der Waals surface area (Å²) in [6.07, 6.45) is 1.66. The van der Waals surface area contributed by atoms with E-state index in [0.717, 1.165) is 12.0 Å². The van der Waals surface area contributed by atoms with E-state index in [2.05, 4.69) is 10.1 Å². The molecule has 2 rings (SSSR count). The molecule has 84 valence electrons. The van der Waals surface area contributed by atoms with Crippen LogP contribution in [0.4, 0.5) is 0 Å². The lowest BCUT2D eigenvalue weighted by atomic mass is 10.2. The van der Waals surface area contributed by atoms with Gasteiger partial charge >= 0.3 is 0 Å². The van der Waals surface area contributed by atoms with Crippen molar-refractivity contribution >= 4 is 17.1 Å². The van der Waals surface area contributed by atoms with E-state index in [9.17, 15) is 4.79 Å². The number of nitrogens with zero attached hydrogens (tertiary/aromatic N) is 2. The van der Waals surface area contributed by atoms with Crippen LogP contribution in [0.3, 0.4) is 0 Å². The summed E-state index contributed by atoms with van der Waals surface area (Å²) in [5, 5.41) is 7.74. The molecule has 0 saturated carbocycles. The fourth-order valence-corrected chi connectivity index (χ4v) is 2.01. The fourth-order valence-electron chi connectivity index (χ4n) is 1.37. The molecule has 16 heavy (non-hydrogen) atoms. The van der Waals surface area contributed by atoms with E-state index in [1.807, 2.05) is 23.8 Å². The smallest absolute Gasteiger partial charge is 0.234 e. The Morgan fingerprint density at radius 2 is 2.44 bits per heavy atom. The summed E-state index contributed by atoms with van der Waals surface area (Å²) < 4.78 is 5.03. The Kier molecular flexibility index (Phi) is 3.46. The molecular weight excluding hydrogens is 224 g/mol. The highest BCUT2D eigenvalue weighted by Crippen LogP contribution is 2.18. The van der Waals surface area contributed by atoms with E-state index in [1.165, 1.54) is 0 Å². The van der Waals surface area contributed by atoms with Crippen molar-refractivity contribution in [1.29, 1.82) is 0 Å². The largest absolute Gasteiger partial charge is 0.339 e. The molecule has 0 bridgehead atoms. The molecule has 0 atom stereocenters. The number of hydrogen-bond donors (Lipinski definition) is 0. The fraction of sp³-hybridized carbons (Fsp3) is 0.364. The number of hydrogen-bond acceptors (Lipinski definition) is 5. The maximum atomic E-state index is 11.4. The van der Waals surface area contributed by atoms with Gasteiger partial charge in [0.05, 0.1) is 6.42 Å². The number of thiophene rings is 1. The van der Waals surface area contributed by atoms with Gasteiger partial charge < -0.3 is 4.52 Å². The lowest BCUT2D eigenvalue weighted by Crippen LogP contribution is -2.01. The van der Waals surface area contributed by atoms with Crippen LogP contribution in [0.5, 0.6) is 0 Å². The molecule has 0 aliphatic rings. The molecule has 0 amide bonds. The minimum atomic E-state index is 0.142. The van der Waals surface area contributed by atoms with Gasteiger partial charge in [-0.25, -0.2) is 0 Å². The van der Waals surface area contributed by atoms with Gasteiger partial charge in [-0.15, -0.1) is 0 Å². The summed E-state index contributed by atoms with van der Waals surface area (Å²) in [4.78, 5) is 15.6. The second-order valence-corrected chi connectivity index (χ2v) is 4.27. The number of Topliss-reactive ketones (excluding diaryl/α,β-unsaturated/α-hetero) is 1. The third-order valence-electron chi connectivity index (χ3n) is 2.12. The maximum Gasteiger partial charge on any atom is 0.234 e. The van der Waals surface area contributed by atoms with Crippen molar-refractivity contribution in [2.45, 2.75) is 26.2 Å². The zero-order valence-corrected chi connectivity index (χ0v) is 9.79. The lowest BCUT2D eigenvalue weighted by Gasteiger charge is -1.91. The van der Waals surface area contributed by atoms with Crippen LogP contribution in [0.2, 0.25) is 0 Å². The Labute approximate surface area is 97.3 Å². The normalized spacial score (nSPS) is 10.6. The standard InChI is InChI=1S/C11H12N2O2S/c1-2-3-9(14)6-10-12-11(13-15-10)8-4-5-16-7-8/h4-5,7H,2-3,6H2,1H3. The first kappa shape index (κ1) is 11.0. The van der Waals surface area contributed by atoms with Crippen molar-refractivity contribution < 1.29 is 9.32 Å². The first-order valence-electron chi connectivity index (χ1n) is 5.16. The van der Waals surface area contributed by atoms with Crippen LogP contribution in [0.1, 0.15) is 25.7 Å². The summed E-state index contributed by atoms with van der Waals surface area (Å²) in [6, 6.07) is 1.92. The van der Waals surface area contributed by atoms with Gasteiger partial charge in [0, 0.05) is 17.4 Å². The SMILES string of the molecule is CCCC(=O)Cc1nc(-c2ccsc2)no1. The predicted molar refractivity (Wildman–Crippen MR) is 61.2 cm³/mol. The molecule has 0 radical (unpaired) electrons. The van der Waals surface area contributed by atoms with E-state index >= 15 is 0 Å². The van der Waals surface area contributed by atoms with E-state index in [0.29, 0.717) is 18.1 Å². The topological polar surface area (TPSA) is 56.0 Å². The highest BCUT2D eigenvalue weighted by molar-refractivity contribution is 7.08. The highest BCUT2D eigenvalue weighted by Gasteiger charge is 2.11. The Balaban J connectivity index is 2.06. The van der Waals surface area contributed by atoms with Gasteiger partial charge in [-0.05, 0) is 17.9 Å². The van der Waals surface area contributed by atoms with Gasteiger partial charge in [0.2, 0.25) is 11.7 Å². The first-order chi connectivity index (χ1) is 7.79. The van der Waals surface area contributed by atoms with Gasteiger partial charge in [0.25, 0.3) is 0 Å². The number of aromatic nitrogens is 2. The quantitative estimate of drug-likeness (QED) is 0.801. The van der Waals surface area contributed by atoms with Gasteiger partial charge in [-0.2, -0.15) is 16.3 Å². The van der Waals surface area contributed by atoms with E-state index in [4.69, 9.17) is 4.52 Å². The molecule has 0 unspecified atom stereocenters. The molecule has 0 spiro atoms. The molecule has 0 saturated heterocycles. The van der Waals surface area contributed by atoms with Crippen LogP contribution >= 0.6 is 11.3 Å². The van der Waals surface area contributed by atoms with Crippen LogP contribution in [-0.2, 0) is 11.2 Å². The third kappa shape index (κ3) is 2.55. The Hall–Kier alpha value is -1.49. The van der Waals surface area contributed by atoms with Gasteiger partial charge in [-0.3, -0.25) is 4.79 Å². The average Bonchev–Trinajstić information content (AvgIpc) is 2.86. The highest BCUT2D eigenvalue weighted by atomic mass is 32.1. The summed E-state index contributed by atoms with van der Waals surface area (Å²) in [5.74, 6) is 1.10. The maximum absolute atomic E-state index is 11.4. The summed E-state index contributed by atoms with van der Waals surface area (Å²) in [6.45, 7) is 1.97. The molecule has 5 heteroatoms. The minimum Gasteiger partial charge on any atom is -0.339 e. The molecule has 2 aromatic rings.